The van der Waals surface area contributed by atoms with Crippen LogP contribution >= 0.6 is 11.6 Å². The Morgan fingerprint density at radius 3 is 2.64 bits per heavy atom. The largest absolute Gasteiger partial charge is 0.459 e. The highest BCUT2D eigenvalue weighted by molar-refractivity contribution is 6.30. The number of morpholine rings is 1. The fraction of sp³-hybridized carbons (Fsp3) is 0.571. The van der Waals surface area contributed by atoms with E-state index in [2.05, 4.69) is 0 Å². The molecule has 0 radical (unpaired) electrons. The van der Waals surface area contributed by atoms with E-state index >= 15 is 0 Å². The number of hydrogen-bond donors (Lipinski definition) is 1. The zero-order chi connectivity index (χ0) is 19.9. The normalized spacial score (nSPS) is 25.2. The Balaban J connectivity index is 1.92. The SMILES string of the molecule is CCO[C@@H]1OC(C(=O)N2CCOCC2)=C[C@H](c2ccc(Cl)cc2)[C@@H]1CCCO. The van der Waals surface area contributed by atoms with Gasteiger partial charge in [-0.25, -0.2) is 0 Å². The lowest BCUT2D eigenvalue weighted by atomic mass is 9.80. The molecule has 7 heteroatoms. The first kappa shape index (κ1) is 21.1. The number of carbonyl (C=O) groups is 1. The van der Waals surface area contributed by atoms with Crippen molar-refractivity contribution in [1.29, 1.82) is 0 Å². The summed E-state index contributed by atoms with van der Waals surface area (Å²) in [6.07, 6.45) is 2.73. The zero-order valence-electron chi connectivity index (χ0n) is 16.2. The highest BCUT2D eigenvalue weighted by atomic mass is 35.5. The Labute approximate surface area is 171 Å². The molecule has 154 valence electrons. The van der Waals surface area contributed by atoms with Crippen LogP contribution in [0.25, 0.3) is 0 Å². The van der Waals surface area contributed by atoms with Gasteiger partial charge in [-0.05, 0) is 43.5 Å². The Bertz CT molecular complexity index is 672. The van der Waals surface area contributed by atoms with Crippen molar-refractivity contribution in [2.45, 2.75) is 32.0 Å². The van der Waals surface area contributed by atoms with Gasteiger partial charge in [0, 0.05) is 43.2 Å². The maximum absolute atomic E-state index is 13.0. The lowest BCUT2D eigenvalue weighted by Gasteiger charge is -2.38. The van der Waals surface area contributed by atoms with Crippen LogP contribution in [-0.2, 0) is 19.0 Å². The number of aliphatic hydroxyl groups excluding tert-OH is 1. The summed E-state index contributed by atoms with van der Waals surface area (Å²) < 4.78 is 17.2. The van der Waals surface area contributed by atoms with E-state index in [1.54, 1.807) is 4.90 Å². The van der Waals surface area contributed by atoms with E-state index in [9.17, 15) is 9.90 Å². The molecular formula is C21H28ClNO5. The predicted octanol–water partition coefficient (Wildman–Crippen LogP) is 2.95. The van der Waals surface area contributed by atoms with Crippen LogP contribution in [0.15, 0.2) is 36.1 Å². The van der Waals surface area contributed by atoms with Crippen molar-refractivity contribution in [1.82, 2.24) is 4.90 Å². The summed E-state index contributed by atoms with van der Waals surface area (Å²) in [6.45, 7) is 4.67. The average molecular weight is 410 g/mol. The summed E-state index contributed by atoms with van der Waals surface area (Å²) >= 11 is 6.06. The van der Waals surface area contributed by atoms with Crippen molar-refractivity contribution in [2.75, 3.05) is 39.5 Å². The molecule has 3 atom stereocenters. The molecule has 0 aromatic heterocycles. The summed E-state index contributed by atoms with van der Waals surface area (Å²) in [6, 6.07) is 7.64. The topological polar surface area (TPSA) is 68.2 Å². The number of halogens is 1. The second-order valence-electron chi connectivity index (χ2n) is 6.98. The summed E-state index contributed by atoms with van der Waals surface area (Å²) in [5.41, 5.74) is 1.05. The summed E-state index contributed by atoms with van der Waals surface area (Å²) in [4.78, 5) is 14.8. The standard InChI is InChI=1S/C21H28ClNO5/c1-2-27-21-17(4-3-11-24)18(15-5-7-16(22)8-6-15)14-19(28-21)20(25)23-9-12-26-13-10-23/h5-8,14,17-18,21,24H,2-4,9-13H2,1H3/t17-,18+,21+/m0/s1. The van der Waals surface area contributed by atoms with E-state index in [0.29, 0.717) is 50.1 Å². The molecule has 3 rings (SSSR count). The minimum absolute atomic E-state index is 0.00508. The predicted molar refractivity (Wildman–Crippen MR) is 106 cm³/mol. The van der Waals surface area contributed by atoms with Gasteiger partial charge in [0.2, 0.25) is 6.29 Å². The first-order valence-corrected chi connectivity index (χ1v) is 10.2. The van der Waals surface area contributed by atoms with Gasteiger partial charge in [0.1, 0.15) is 0 Å². The van der Waals surface area contributed by atoms with Gasteiger partial charge in [-0.2, -0.15) is 0 Å². The molecule has 0 aliphatic carbocycles. The molecule has 1 aromatic rings. The molecule has 0 spiro atoms. The first-order chi connectivity index (χ1) is 13.6. The van der Waals surface area contributed by atoms with Gasteiger partial charge in [-0.15, -0.1) is 0 Å². The number of carbonyl (C=O) groups excluding carboxylic acids is 1. The number of aliphatic hydroxyl groups is 1. The van der Waals surface area contributed by atoms with Gasteiger partial charge in [0.05, 0.1) is 13.2 Å². The third-order valence-corrected chi connectivity index (χ3v) is 5.43. The van der Waals surface area contributed by atoms with Crippen molar-refractivity contribution in [3.63, 3.8) is 0 Å². The number of nitrogens with zero attached hydrogens (tertiary/aromatic N) is 1. The second kappa shape index (κ2) is 10.3. The molecular weight excluding hydrogens is 382 g/mol. The maximum Gasteiger partial charge on any atom is 0.288 e. The third kappa shape index (κ3) is 5.06. The molecule has 6 nitrogen and oxygen atoms in total. The molecule has 0 unspecified atom stereocenters. The smallest absolute Gasteiger partial charge is 0.288 e. The quantitative estimate of drug-likeness (QED) is 0.749. The van der Waals surface area contributed by atoms with E-state index in [1.165, 1.54) is 0 Å². The van der Waals surface area contributed by atoms with Gasteiger partial charge >= 0.3 is 0 Å². The molecule has 1 aromatic carbocycles. The fourth-order valence-electron chi connectivity index (χ4n) is 3.74. The van der Waals surface area contributed by atoms with Crippen molar-refractivity contribution in [2.24, 2.45) is 5.92 Å². The van der Waals surface area contributed by atoms with E-state index in [1.807, 2.05) is 37.3 Å². The molecule has 2 aliphatic rings. The number of allylic oxidation sites excluding steroid dienone is 1. The molecule has 28 heavy (non-hydrogen) atoms. The van der Waals surface area contributed by atoms with Crippen LogP contribution in [0.5, 0.6) is 0 Å². The van der Waals surface area contributed by atoms with Crippen LogP contribution < -0.4 is 0 Å². The van der Waals surface area contributed by atoms with Crippen molar-refractivity contribution < 1.29 is 24.1 Å². The minimum Gasteiger partial charge on any atom is -0.459 e. The van der Waals surface area contributed by atoms with Gasteiger partial charge in [-0.3, -0.25) is 4.79 Å². The number of benzene rings is 1. The van der Waals surface area contributed by atoms with Crippen LogP contribution in [-0.4, -0.2) is 61.7 Å². The summed E-state index contributed by atoms with van der Waals surface area (Å²) in [5.74, 6) is 0.122. The molecule has 0 saturated carbocycles. The highest BCUT2D eigenvalue weighted by Gasteiger charge is 2.38. The minimum atomic E-state index is -0.540. The first-order valence-electron chi connectivity index (χ1n) is 9.87. The second-order valence-corrected chi connectivity index (χ2v) is 7.42. The van der Waals surface area contributed by atoms with Crippen LogP contribution in [0.2, 0.25) is 5.02 Å². The average Bonchev–Trinajstić information content (AvgIpc) is 2.73. The van der Waals surface area contributed by atoms with E-state index in [-0.39, 0.29) is 24.3 Å². The molecule has 1 N–H and O–H groups in total. The Kier molecular flexibility index (Phi) is 7.73. The molecule has 2 heterocycles. The van der Waals surface area contributed by atoms with Crippen LogP contribution in [0.4, 0.5) is 0 Å². The third-order valence-electron chi connectivity index (χ3n) is 5.18. The van der Waals surface area contributed by atoms with Gasteiger partial charge in [0.15, 0.2) is 5.76 Å². The number of ether oxygens (including phenoxy) is 3. The summed E-state index contributed by atoms with van der Waals surface area (Å²) in [5, 5.41) is 9.99. The Hall–Kier alpha value is -1.60. The number of hydrogen-bond acceptors (Lipinski definition) is 5. The lowest BCUT2D eigenvalue weighted by Crippen LogP contribution is -2.44. The van der Waals surface area contributed by atoms with Crippen LogP contribution in [0.3, 0.4) is 0 Å². The van der Waals surface area contributed by atoms with Crippen LogP contribution in [0.1, 0.15) is 31.2 Å². The molecule has 2 aliphatic heterocycles. The molecule has 1 saturated heterocycles. The van der Waals surface area contributed by atoms with Gasteiger partial charge in [0.25, 0.3) is 5.91 Å². The maximum atomic E-state index is 13.0. The van der Waals surface area contributed by atoms with E-state index in [0.717, 1.165) is 12.0 Å². The van der Waals surface area contributed by atoms with Gasteiger partial charge < -0.3 is 24.2 Å². The molecule has 1 amide bonds. The van der Waals surface area contributed by atoms with E-state index < -0.39 is 6.29 Å². The number of rotatable bonds is 7. The molecule has 0 bridgehead atoms. The lowest BCUT2D eigenvalue weighted by molar-refractivity contribution is -0.171. The van der Waals surface area contributed by atoms with Crippen molar-refractivity contribution >= 4 is 17.5 Å². The van der Waals surface area contributed by atoms with Crippen molar-refractivity contribution in [3.8, 4) is 0 Å². The summed E-state index contributed by atoms with van der Waals surface area (Å²) in [7, 11) is 0. The zero-order valence-corrected chi connectivity index (χ0v) is 16.9. The fourth-order valence-corrected chi connectivity index (χ4v) is 3.87. The van der Waals surface area contributed by atoms with Gasteiger partial charge in [-0.1, -0.05) is 23.7 Å². The van der Waals surface area contributed by atoms with E-state index in [4.69, 9.17) is 25.8 Å². The molecule has 1 fully saturated rings. The van der Waals surface area contributed by atoms with Crippen LogP contribution in [0, 0.1) is 5.92 Å². The highest BCUT2D eigenvalue weighted by Crippen LogP contribution is 2.40. The van der Waals surface area contributed by atoms with Crippen molar-refractivity contribution in [3.05, 3.63) is 46.7 Å². The Morgan fingerprint density at radius 1 is 1.29 bits per heavy atom. The number of amides is 1. The Morgan fingerprint density at radius 2 is 2.00 bits per heavy atom. The monoisotopic (exact) mass is 409 g/mol.